The third-order valence-electron chi connectivity index (χ3n) is 3.19. The zero-order valence-corrected chi connectivity index (χ0v) is 11.7. The van der Waals surface area contributed by atoms with Gasteiger partial charge in [0.25, 0.3) is 0 Å². The lowest BCUT2D eigenvalue weighted by Crippen LogP contribution is -2.19. The zero-order chi connectivity index (χ0) is 14.3. The fourth-order valence-corrected chi connectivity index (χ4v) is 2.64. The lowest BCUT2D eigenvalue weighted by molar-refractivity contribution is 0.0695. The van der Waals surface area contributed by atoms with Crippen molar-refractivity contribution in [3.05, 3.63) is 28.2 Å². The maximum Gasteiger partial charge on any atom is 0.341 e. The summed E-state index contributed by atoms with van der Waals surface area (Å²) in [6, 6.07) is 0.241. The van der Waals surface area contributed by atoms with E-state index in [0.717, 1.165) is 18.6 Å². The second-order valence-electron chi connectivity index (χ2n) is 4.64. The summed E-state index contributed by atoms with van der Waals surface area (Å²) in [7, 11) is 0. The van der Waals surface area contributed by atoms with Crippen molar-refractivity contribution in [3.63, 3.8) is 0 Å². The van der Waals surface area contributed by atoms with E-state index in [2.05, 4.69) is 9.97 Å². The highest BCUT2D eigenvalue weighted by atomic mass is 32.2. The van der Waals surface area contributed by atoms with Gasteiger partial charge in [0.15, 0.2) is 5.16 Å². The van der Waals surface area contributed by atoms with E-state index in [0.29, 0.717) is 10.8 Å². The Labute approximate surface area is 118 Å². The molecule has 1 aliphatic rings. The number of hydrogen-bond acceptors (Lipinski definition) is 5. The number of carbonyl (C=O) groups is 1. The first-order valence-electron chi connectivity index (χ1n) is 6.39. The minimum atomic E-state index is -1.21. The van der Waals surface area contributed by atoms with Crippen LogP contribution in [0.1, 0.15) is 36.2 Å². The summed E-state index contributed by atoms with van der Waals surface area (Å²) in [6.07, 6.45) is 4.82. The molecule has 20 heavy (non-hydrogen) atoms. The van der Waals surface area contributed by atoms with Crippen LogP contribution in [0.2, 0.25) is 0 Å². The molecule has 1 aliphatic carbocycles. The normalized spacial score (nSPS) is 14.7. The number of thioether (sulfide) groups is 1. The van der Waals surface area contributed by atoms with Crippen LogP contribution in [0.25, 0.3) is 11.0 Å². The maximum atomic E-state index is 12.2. The van der Waals surface area contributed by atoms with Crippen LogP contribution >= 0.6 is 11.8 Å². The van der Waals surface area contributed by atoms with Crippen LogP contribution < -0.4 is 5.43 Å². The lowest BCUT2D eigenvalue weighted by Gasteiger charge is -2.10. The smallest absolute Gasteiger partial charge is 0.341 e. The van der Waals surface area contributed by atoms with Crippen molar-refractivity contribution in [1.82, 2.24) is 14.5 Å². The summed E-state index contributed by atoms with van der Waals surface area (Å²) in [4.78, 5) is 31.9. The number of carboxylic acids is 1. The minimum Gasteiger partial charge on any atom is -0.477 e. The van der Waals surface area contributed by atoms with Crippen molar-refractivity contribution in [2.45, 2.75) is 31.0 Å². The molecule has 1 saturated carbocycles. The molecule has 0 atom stereocenters. The average Bonchev–Trinajstić information content (AvgIpc) is 3.23. The third kappa shape index (κ3) is 2.18. The molecular weight excluding hydrogens is 278 g/mol. The van der Waals surface area contributed by atoms with Crippen LogP contribution in [-0.2, 0) is 0 Å². The maximum absolute atomic E-state index is 12.2. The first kappa shape index (κ1) is 13.1. The molecule has 2 aromatic rings. The Hall–Kier alpha value is -1.89. The molecule has 0 aromatic carbocycles. The Morgan fingerprint density at radius 3 is 2.90 bits per heavy atom. The van der Waals surface area contributed by atoms with Gasteiger partial charge in [-0.25, -0.2) is 14.8 Å². The molecule has 7 heteroatoms. The van der Waals surface area contributed by atoms with Crippen LogP contribution in [-0.4, -0.2) is 31.4 Å². The van der Waals surface area contributed by atoms with Gasteiger partial charge in [0, 0.05) is 18.4 Å². The van der Waals surface area contributed by atoms with E-state index in [9.17, 15) is 9.59 Å². The van der Waals surface area contributed by atoms with Gasteiger partial charge in [0.05, 0.1) is 5.39 Å². The molecule has 2 heterocycles. The number of carboxylic acid groups (broad SMARTS) is 1. The fraction of sp³-hybridized carbons (Fsp3) is 0.385. The van der Waals surface area contributed by atoms with E-state index in [1.54, 1.807) is 0 Å². The molecule has 3 rings (SSSR count). The van der Waals surface area contributed by atoms with Crippen molar-refractivity contribution in [2.24, 2.45) is 0 Å². The molecule has 0 unspecified atom stereocenters. The van der Waals surface area contributed by atoms with Gasteiger partial charge >= 0.3 is 5.97 Å². The van der Waals surface area contributed by atoms with E-state index in [1.807, 2.05) is 11.5 Å². The number of aromatic nitrogens is 3. The van der Waals surface area contributed by atoms with Gasteiger partial charge in [0.2, 0.25) is 5.43 Å². The van der Waals surface area contributed by atoms with Crippen LogP contribution in [0.15, 0.2) is 22.3 Å². The topological polar surface area (TPSA) is 85.1 Å². The summed E-state index contributed by atoms with van der Waals surface area (Å²) in [5.74, 6) is -0.370. The lowest BCUT2D eigenvalue weighted by atomic mass is 10.2. The second kappa shape index (κ2) is 4.90. The number of fused-ring (bicyclic) bond motifs is 1. The van der Waals surface area contributed by atoms with Crippen molar-refractivity contribution >= 4 is 28.8 Å². The van der Waals surface area contributed by atoms with Crippen LogP contribution in [0, 0.1) is 0 Å². The highest BCUT2D eigenvalue weighted by Crippen LogP contribution is 2.36. The zero-order valence-electron chi connectivity index (χ0n) is 10.9. The highest BCUT2D eigenvalue weighted by molar-refractivity contribution is 7.99. The van der Waals surface area contributed by atoms with Gasteiger partial charge in [-0.3, -0.25) is 4.79 Å². The number of aromatic carboxylic acids is 1. The Morgan fingerprint density at radius 2 is 2.30 bits per heavy atom. The third-order valence-corrected chi connectivity index (χ3v) is 3.94. The van der Waals surface area contributed by atoms with Gasteiger partial charge in [-0.1, -0.05) is 18.7 Å². The first-order valence-corrected chi connectivity index (χ1v) is 7.38. The Kier molecular flexibility index (Phi) is 3.21. The molecule has 0 radical (unpaired) electrons. The van der Waals surface area contributed by atoms with Crippen molar-refractivity contribution in [2.75, 3.05) is 5.75 Å². The van der Waals surface area contributed by atoms with Crippen molar-refractivity contribution in [1.29, 1.82) is 0 Å². The highest BCUT2D eigenvalue weighted by Gasteiger charge is 2.27. The van der Waals surface area contributed by atoms with Gasteiger partial charge in [-0.2, -0.15) is 0 Å². The summed E-state index contributed by atoms with van der Waals surface area (Å²) in [6.45, 7) is 2.00. The summed E-state index contributed by atoms with van der Waals surface area (Å²) in [5.41, 5.74) is -0.199. The molecule has 0 bridgehead atoms. The second-order valence-corrected chi connectivity index (χ2v) is 5.87. The van der Waals surface area contributed by atoms with Gasteiger partial charge in [0.1, 0.15) is 11.2 Å². The molecule has 0 aliphatic heterocycles. The molecular formula is C13H13N3O3S. The predicted octanol–water partition coefficient (Wildman–Crippen LogP) is 1.94. The Bertz CT molecular complexity index is 752. The number of nitrogens with zero attached hydrogens (tertiary/aromatic N) is 3. The molecule has 1 N–H and O–H groups in total. The molecule has 0 saturated heterocycles. The van der Waals surface area contributed by atoms with E-state index in [4.69, 9.17) is 5.11 Å². The summed E-state index contributed by atoms with van der Waals surface area (Å²) in [5, 5.41) is 10.0. The molecule has 2 aromatic heterocycles. The Morgan fingerprint density at radius 1 is 1.55 bits per heavy atom. The van der Waals surface area contributed by atoms with E-state index >= 15 is 0 Å². The van der Waals surface area contributed by atoms with Crippen molar-refractivity contribution in [3.8, 4) is 0 Å². The number of rotatable bonds is 4. The standard InChI is InChI=1S/C13H13N3O3S/c1-2-20-13-14-5-8-10(17)9(12(18)19)6-16(7-3-4-7)11(8)15-13/h5-7H,2-4H2,1H3,(H,18,19). The van der Waals surface area contributed by atoms with Gasteiger partial charge in [-0.15, -0.1) is 0 Å². The van der Waals surface area contributed by atoms with E-state index < -0.39 is 11.4 Å². The molecule has 0 spiro atoms. The molecule has 6 nitrogen and oxygen atoms in total. The quantitative estimate of drug-likeness (QED) is 0.684. The van der Waals surface area contributed by atoms with Crippen LogP contribution in [0.5, 0.6) is 0 Å². The summed E-state index contributed by atoms with van der Waals surface area (Å²) >= 11 is 1.49. The first-order chi connectivity index (χ1) is 9.61. The monoisotopic (exact) mass is 291 g/mol. The SMILES string of the molecule is CCSc1ncc2c(=O)c(C(=O)O)cn(C3CC3)c2n1. The van der Waals surface area contributed by atoms with Crippen LogP contribution in [0.4, 0.5) is 0 Å². The molecule has 1 fully saturated rings. The molecule has 0 amide bonds. The fourth-order valence-electron chi connectivity index (χ4n) is 2.10. The van der Waals surface area contributed by atoms with Crippen molar-refractivity contribution < 1.29 is 9.90 Å². The average molecular weight is 291 g/mol. The number of hydrogen-bond donors (Lipinski definition) is 1. The van der Waals surface area contributed by atoms with E-state index in [-0.39, 0.29) is 17.0 Å². The van der Waals surface area contributed by atoms with Gasteiger partial charge < -0.3 is 9.67 Å². The largest absolute Gasteiger partial charge is 0.477 e. The number of pyridine rings is 1. The van der Waals surface area contributed by atoms with E-state index in [1.165, 1.54) is 24.2 Å². The molecule has 104 valence electrons. The summed E-state index contributed by atoms with van der Waals surface area (Å²) < 4.78 is 1.81. The van der Waals surface area contributed by atoms with Gasteiger partial charge in [-0.05, 0) is 18.6 Å². The Balaban J connectivity index is 2.30. The van der Waals surface area contributed by atoms with Crippen LogP contribution in [0.3, 0.4) is 0 Å². The minimum absolute atomic E-state index is 0.219. The predicted molar refractivity (Wildman–Crippen MR) is 75.4 cm³/mol.